The molecule has 2 aromatic carbocycles. The van der Waals surface area contributed by atoms with E-state index in [-0.39, 0.29) is 17.6 Å². The van der Waals surface area contributed by atoms with Gasteiger partial charge in [0.2, 0.25) is 5.91 Å². The van der Waals surface area contributed by atoms with Gasteiger partial charge in [-0.2, -0.15) is 0 Å². The minimum atomic E-state index is -0.158. The summed E-state index contributed by atoms with van der Waals surface area (Å²) in [5.74, 6) is -0.0819. The molecular formula is C21H22N4O2S. The average Bonchev–Trinajstić information content (AvgIpc) is 3.08. The summed E-state index contributed by atoms with van der Waals surface area (Å²) in [6.45, 7) is 2.42. The molecule has 0 fully saturated rings. The molecule has 0 spiro atoms. The van der Waals surface area contributed by atoms with Crippen LogP contribution in [0.2, 0.25) is 0 Å². The number of imidazole rings is 1. The summed E-state index contributed by atoms with van der Waals surface area (Å²) < 4.78 is 1.98. The molecule has 0 bridgehead atoms. The molecule has 0 saturated heterocycles. The Kier molecular flexibility index (Phi) is 6.49. The first-order valence-corrected chi connectivity index (χ1v) is 9.95. The number of hydrogen-bond donors (Lipinski definition) is 2. The maximum absolute atomic E-state index is 12.3. The molecule has 0 unspecified atom stereocenters. The van der Waals surface area contributed by atoms with Crippen molar-refractivity contribution in [2.24, 2.45) is 7.05 Å². The maximum Gasteiger partial charge on any atom is 0.251 e. The van der Waals surface area contributed by atoms with Gasteiger partial charge in [0, 0.05) is 24.8 Å². The van der Waals surface area contributed by atoms with E-state index in [1.807, 2.05) is 55.1 Å². The van der Waals surface area contributed by atoms with Crippen molar-refractivity contribution in [3.63, 3.8) is 0 Å². The van der Waals surface area contributed by atoms with E-state index in [0.29, 0.717) is 17.8 Å². The van der Waals surface area contributed by atoms with E-state index in [2.05, 4.69) is 15.6 Å². The van der Waals surface area contributed by atoms with Crippen molar-refractivity contribution in [1.29, 1.82) is 0 Å². The first-order valence-electron chi connectivity index (χ1n) is 8.96. The standard InChI is InChI=1S/C21H22N4O2S/c1-3-22-20(27)16-10-7-11-17(12-16)24-19(26)14-28-21-23-13-18(25(21)2)15-8-5-4-6-9-15/h4-13H,3,14H2,1-2H3,(H,22,27)(H,24,26). The lowest BCUT2D eigenvalue weighted by atomic mass is 10.2. The van der Waals surface area contributed by atoms with Gasteiger partial charge in [-0.1, -0.05) is 48.2 Å². The highest BCUT2D eigenvalue weighted by molar-refractivity contribution is 7.99. The van der Waals surface area contributed by atoms with Crippen LogP contribution in [-0.4, -0.2) is 33.7 Å². The van der Waals surface area contributed by atoms with Crippen LogP contribution in [0.3, 0.4) is 0 Å². The fraction of sp³-hybridized carbons (Fsp3) is 0.190. The number of nitrogens with one attached hydrogen (secondary N) is 2. The Morgan fingerprint density at radius 3 is 2.64 bits per heavy atom. The molecule has 6 nitrogen and oxygen atoms in total. The monoisotopic (exact) mass is 394 g/mol. The molecule has 3 rings (SSSR count). The molecule has 28 heavy (non-hydrogen) atoms. The number of benzene rings is 2. The van der Waals surface area contributed by atoms with Crippen LogP contribution in [0.15, 0.2) is 66.0 Å². The topological polar surface area (TPSA) is 76.0 Å². The first kappa shape index (κ1) is 19.7. The van der Waals surface area contributed by atoms with Gasteiger partial charge in [-0.3, -0.25) is 9.59 Å². The Balaban J connectivity index is 1.60. The minimum Gasteiger partial charge on any atom is -0.352 e. The summed E-state index contributed by atoms with van der Waals surface area (Å²) in [5.41, 5.74) is 3.19. The molecule has 0 aliphatic heterocycles. The molecule has 7 heteroatoms. The predicted octanol–water partition coefficient (Wildman–Crippen LogP) is 3.57. The highest BCUT2D eigenvalue weighted by atomic mass is 32.2. The summed E-state index contributed by atoms with van der Waals surface area (Å²) in [4.78, 5) is 28.6. The van der Waals surface area contributed by atoms with E-state index in [1.54, 1.807) is 24.3 Å². The molecule has 2 N–H and O–H groups in total. The summed E-state index contributed by atoms with van der Waals surface area (Å²) in [7, 11) is 1.94. The second-order valence-corrected chi connectivity index (χ2v) is 7.07. The molecule has 0 aliphatic rings. The van der Waals surface area contributed by atoms with Crippen molar-refractivity contribution in [3.05, 3.63) is 66.4 Å². The summed E-state index contributed by atoms with van der Waals surface area (Å²) in [6, 6.07) is 16.9. The molecule has 1 heterocycles. The summed E-state index contributed by atoms with van der Waals surface area (Å²) in [5, 5.41) is 6.34. The zero-order chi connectivity index (χ0) is 19.9. The fourth-order valence-corrected chi connectivity index (χ4v) is 3.48. The second-order valence-electron chi connectivity index (χ2n) is 6.13. The van der Waals surface area contributed by atoms with Crippen LogP contribution in [0, 0.1) is 0 Å². The molecule has 144 valence electrons. The number of carbonyl (C=O) groups excluding carboxylic acids is 2. The van der Waals surface area contributed by atoms with Gasteiger partial charge in [-0.15, -0.1) is 0 Å². The van der Waals surface area contributed by atoms with Crippen LogP contribution in [0.25, 0.3) is 11.3 Å². The van der Waals surface area contributed by atoms with E-state index in [1.165, 1.54) is 11.8 Å². The Labute approximate surface area is 168 Å². The first-order chi connectivity index (χ1) is 13.6. The molecule has 0 atom stereocenters. The van der Waals surface area contributed by atoms with Gasteiger partial charge in [0.15, 0.2) is 5.16 Å². The van der Waals surface area contributed by atoms with Gasteiger partial charge in [0.1, 0.15) is 0 Å². The molecule has 1 aromatic heterocycles. The van der Waals surface area contributed by atoms with Crippen molar-refractivity contribution in [2.75, 3.05) is 17.6 Å². The normalized spacial score (nSPS) is 10.5. The number of hydrogen-bond acceptors (Lipinski definition) is 4. The van der Waals surface area contributed by atoms with Crippen LogP contribution in [0.5, 0.6) is 0 Å². The molecule has 0 saturated carbocycles. The summed E-state index contributed by atoms with van der Waals surface area (Å²) >= 11 is 1.37. The molecule has 0 aliphatic carbocycles. The highest BCUT2D eigenvalue weighted by Crippen LogP contribution is 2.24. The Morgan fingerprint density at radius 2 is 1.89 bits per heavy atom. The third-order valence-corrected chi connectivity index (χ3v) is 5.14. The van der Waals surface area contributed by atoms with Gasteiger partial charge in [-0.05, 0) is 30.7 Å². The van der Waals surface area contributed by atoms with Crippen LogP contribution < -0.4 is 10.6 Å². The second kappa shape index (κ2) is 9.23. The quantitative estimate of drug-likeness (QED) is 0.601. The smallest absolute Gasteiger partial charge is 0.251 e. The number of rotatable bonds is 7. The van der Waals surface area contributed by atoms with E-state index in [9.17, 15) is 9.59 Å². The SMILES string of the molecule is CCNC(=O)c1cccc(NC(=O)CSc2ncc(-c3ccccc3)n2C)c1. The van der Waals surface area contributed by atoms with Crippen LogP contribution >= 0.6 is 11.8 Å². The maximum atomic E-state index is 12.3. The van der Waals surface area contributed by atoms with Gasteiger partial charge in [0.25, 0.3) is 5.91 Å². The van der Waals surface area contributed by atoms with Gasteiger partial charge in [-0.25, -0.2) is 4.98 Å². The molecule has 2 amide bonds. The number of anilines is 1. The van der Waals surface area contributed by atoms with Crippen molar-refractivity contribution in [2.45, 2.75) is 12.1 Å². The lowest BCUT2D eigenvalue weighted by Gasteiger charge is -2.08. The average molecular weight is 395 g/mol. The third-order valence-electron chi connectivity index (χ3n) is 4.09. The Morgan fingerprint density at radius 1 is 1.11 bits per heavy atom. The lowest BCUT2D eigenvalue weighted by Crippen LogP contribution is -2.23. The zero-order valence-electron chi connectivity index (χ0n) is 15.8. The van der Waals surface area contributed by atoms with Crippen LogP contribution in [0.1, 0.15) is 17.3 Å². The Hall–Kier alpha value is -3.06. The third kappa shape index (κ3) is 4.80. The van der Waals surface area contributed by atoms with E-state index < -0.39 is 0 Å². The van der Waals surface area contributed by atoms with Gasteiger partial charge < -0.3 is 15.2 Å². The van der Waals surface area contributed by atoms with Crippen molar-refractivity contribution in [3.8, 4) is 11.3 Å². The predicted molar refractivity (Wildman–Crippen MR) is 112 cm³/mol. The zero-order valence-corrected chi connectivity index (χ0v) is 16.6. The molecular weight excluding hydrogens is 372 g/mol. The highest BCUT2D eigenvalue weighted by Gasteiger charge is 2.12. The minimum absolute atomic E-state index is 0.151. The number of nitrogens with zero attached hydrogens (tertiary/aromatic N) is 2. The number of aromatic nitrogens is 2. The van der Waals surface area contributed by atoms with Crippen molar-refractivity contribution >= 4 is 29.3 Å². The number of carbonyl (C=O) groups is 2. The summed E-state index contributed by atoms with van der Waals surface area (Å²) in [6.07, 6.45) is 1.81. The molecule has 0 radical (unpaired) electrons. The van der Waals surface area contributed by atoms with Crippen molar-refractivity contribution in [1.82, 2.24) is 14.9 Å². The van der Waals surface area contributed by atoms with Crippen LogP contribution in [-0.2, 0) is 11.8 Å². The number of thioether (sulfide) groups is 1. The van der Waals surface area contributed by atoms with Gasteiger partial charge in [0.05, 0.1) is 17.6 Å². The Bertz CT molecular complexity index is 970. The van der Waals surface area contributed by atoms with Gasteiger partial charge >= 0.3 is 0 Å². The fourth-order valence-electron chi connectivity index (χ4n) is 2.73. The van der Waals surface area contributed by atoms with E-state index in [0.717, 1.165) is 16.4 Å². The number of amides is 2. The molecule has 3 aromatic rings. The largest absolute Gasteiger partial charge is 0.352 e. The van der Waals surface area contributed by atoms with Crippen LogP contribution in [0.4, 0.5) is 5.69 Å². The van der Waals surface area contributed by atoms with E-state index in [4.69, 9.17) is 0 Å². The van der Waals surface area contributed by atoms with Crippen molar-refractivity contribution < 1.29 is 9.59 Å². The lowest BCUT2D eigenvalue weighted by molar-refractivity contribution is -0.113. The van der Waals surface area contributed by atoms with E-state index >= 15 is 0 Å².